The van der Waals surface area contributed by atoms with E-state index < -0.39 is 0 Å². The van der Waals surface area contributed by atoms with E-state index in [1.807, 2.05) is 12.1 Å². The maximum atomic E-state index is 13.2. The standard InChI is InChI=1S/C26H30N8O3/c1-4-22(35)33-13-14-34(23(36)17-33)21-15-18-16-27-26(29-24(18)31(3)25(21)37)28-19-5-7-20(8-6-19)32-11-9-30(2)10-12-32/h4-8,15-16H,1,9-14,17H2,2-3H3,(H,27,28,29). The fourth-order valence-electron chi connectivity index (χ4n) is 4.68. The molecule has 1 N–H and O–H groups in total. The first-order valence-electron chi connectivity index (χ1n) is 12.2. The molecule has 0 atom stereocenters. The van der Waals surface area contributed by atoms with Gasteiger partial charge in [0.15, 0.2) is 0 Å². The normalized spacial score (nSPS) is 16.8. The third kappa shape index (κ3) is 4.90. The molecule has 0 aliphatic carbocycles. The van der Waals surface area contributed by atoms with E-state index in [1.165, 1.54) is 26.1 Å². The van der Waals surface area contributed by atoms with E-state index in [4.69, 9.17) is 0 Å². The van der Waals surface area contributed by atoms with E-state index in [0.29, 0.717) is 23.5 Å². The number of hydrogen-bond acceptors (Lipinski definition) is 8. The zero-order chi connectivity index (χ0) is 26.1. The van der Waals surface area contributed by atoms with Gasteiger partial charge in [0.25, 0.3) is 5.56 Å². The van der Waals surface area contributed by atoms with Crippen molar-refractivity contribution >= 4 is 45.9 Å². The molecule has 0 bridgehead atoms. The number of nitrogens with one attached hydrogen (secondary N) is 1. The Kier molecular flexibility index (Phi) is 6.62. The highest BCUT2D eigenvalue weighted by atomic mass is 16.2. The SMILES string of the molecule is C=CC(=O)N1CCN(c2cc3cnc(Nc4ccc(N5CCN(C)CC5)cc4)nc3n(C)c2=O)C(=O)C1. The van der Waals surface area contributed by atoms with Gasteiger partial charge >= 0.3 is 0 Å². The second kappa shape index (κ2) is 10.0. The van der Waals surface area contributed by atoms with Gasteiger partial charge in [0.1, 0.15) is 17.9 Å². The van der Waals surface area contributed by atoms with E-state index in [-0.39, 0.29) is 36.2 Å². The Morgan fingerprint density at radius 3 is 2.43 bits per heavy atom. The molecule has 2 aromatic heterocycles. The first kappa shape index (κ1) is 24.4. The molecular formula is C26H30N8O3. The van der Waals surface area contributed by atoms with Crippen molar-refractivity contribution in [1.82, 2.24) is 24.3 Å². The van der Waals surface area contributed by atoms with E-state index in [9.17, 15) is 14.4 Å². The summed E-state index contributed by atoms with van der Waals surface area (Å²) in [5.74, 6) is -0.255. The average Bonchev–Trinajstić information content (AvgIpc) is 2.91. The monoisotopic (exact) mass is 502 g/mol. The fourth-order valence-corrected chi connectivity index (χ4v) is 4.68. The van der Waals surface area contributed by atoms with Crippen molar-refractivity contribution in [2.75, 3.05) is 68.0 Å². The zero-order valence-electron chi connectivity index (χ0n) is 21.1. The summed E-state index contributed by atoms with van der Waals surface area (Å²) in [6, 6.07) is 9.78. The number of pyridine rings is 1. The van der Waals surface area contributed by atoms with Crippen LogP contribution in [0.3, 0.4) is 0 Å². The highest BCUT2D eigenvalue weighted by molar-refractivity contribution is 6.00. The predicted molar refractivity (Wildman–Crippen MR) is 143 cm³/mol. The van der Waals surface area contributed by atoms with Crippen molar-refractivity contribution in [2.45, 2.75) is 0 Å². The van der Waals surface area contributed by atoms with Crippen molar-refractivity contribution in [3.63, 3.8) is 0 Å². The number of amides is 2. The highest BCUT2D eigenvalue weighted by Gasteiger charge is 2.29. The molecule has 5 rings (SSSR count). The first-order valence-corrected chi connectivity index (χ1v) is 12.2. The molecule has 0 saturated carbocycles. The number of likely N-dealkylation sites (N-methyl/N-ethyl adjacent to an activating group) is 1. The molecule has 2 amide bonds. The molecule has 192 valence electrons. The molecule has 2 aliphatic rings. The lowest BCUT2D eigenvalue weighted by atomic mass is 10.2. The summed E-state index contributed by atoms with van der Waals surface area (Å²) in [5.41, 5.74) is 2.38. The van der Waals surface area contributed by atoms with Crippen LogP contribution in [0.2, 0.25) is 0 Å². The number of rotatable bonds is 5. The smallest absolute Gasteiger partial charge is 0.275 e. The van der Waals surface area contributed by atoms with Crippen LogP contribution in [0.1, 0.15) is 0 Å². The highest BCUT2D eigenvalue weighted by Crippen LogP contribution is 2.23. The van der Waals surface area contributed by atoms with Gasteiger partial charge in [0.2, 0.25) is 17.8 Å². The van der Waals surface area contributed by atoms with E-state index in [1.54, 1.807) is 19.3 Å². The molecule has 2 fully saturated rings. The predicted octanol–water partition coefficient (Wildman–Crippen LogP) is 1.19. The summed E-state index contributed by atoms with van der Waals surface area (Å²) in [6.07, 6.45) is 2.82. The third-order valence-corrected chi connectivity index (χ3v) is 6.92. The Morgan fingerprint density at radius 1 is 1.03 bits per heavy atom. The Hall–Kier alpha value is -4.25. The van der Waals surface area contributed by atoms with Crippen molar-refractivity contribution in [3.05, 3.63) is 59.5 Å². The van der Waals surface area contributed by atoms with Crippen LogP contribution in [0.5, 0.6) is 0 Å². The van der Waals surface area contributed by atoms with Crippen LogP contribution >= 0.6 is 0 Å². The lowest BCUT2D eigenvalue weighted by Crippen LogP contribution is -2.53. The third-order valence-electron chi connectivity index (χ3n) is 6.92. The second-order valence-corrected chi connectivity index (χ2v) is 9.34. The minimum atomic E-state index is -0.342. The molecule has 11 nitrogen and oxygen atoms in total. The summed E-state index contributed by atoms with van der Waals surface area (Å²) in [4.78, 5) is 54.3. The van der Waals surface area contributed by atoms with Crippen LogP contribution in [-0.2, 0) is 16.6 Å². The number of hydrogen-bond donors (Lipinski definition) is 1. The first-order chi connectivity index (χ1) is 17.8. The van der Waals surface area contributed by atoms with Crippen LogP contribution in [0, 0.1) is 0 Å². The van der Waals surface area contributed by atoms with Crippen LogP contribution in [0.4, 0.5) is 23.0 Å². The van der Waals surface area contributed by atoms with Gasteiger partial charge < -0.3 is 24.9 Å². The van der Waals surface area contributed by atoms with Gasteiger partial charge in [-0.05, 0) is 43.5 Å². The summed E-state index contributed by atoms with van der Waals surface area (Å²) in [6.45, 7) is 8.01. The Morgan fingerprint density at radius 2 is 1.76 bits per heavy atom. The maximum Gasteiger partial charge on any atom is 0.275 e. The Labute approximate surface area is 214 Å². The average molecular weight is 503 g/mol. The molecule has 0 unspecified atom stereocenters. The molecule has 0 radical (unpaired) electrons. The number of fused-ring (bicyclic) bond motifs is 1. The van der Waals surface area contributed by atoms with Crippen molar-refractivity contribution in [1.29, 1.82) is 0 Å². The van der Waals surface area contributed by atoms with Crippen LogP contribution in [-0.4, -0.2) is 89.0 Å². The lowest BCUT2D eigenvalue weighted by Gasteiger charge is -2.34. The lowest BCUT2D eigenvalue weighted by molar-refractivity contribution is -0.133. The van der Waals surface area contributed by atoms with Crippen LogP contribution in [0.15, 0.2) is 54.0 Å². The van der Waals surface area contributed by atoms with Crippen molar-refractivity contribution < 1.29 is 9.59 Å². The number of nitrogens with zero attached hydrogens (tertiary/aromatic N) is 7. The molecule has 11 heteroatoms. The van der Waals surface area contributed by atoms with E-state index in [0.717, 1.165) is 31.9 Å². The summed E-state index contributed by atoms with van der Waals surface area (Å²) < 4.78 is 1.42. The van der Waals surface area contributed by atoms with Gasteiger partial charge in [-0.1, -0.05) is 6.58 Å². The number of benzene rings is 1. The largest absolute Gasteiger partial charge is 0.369 e. The summed E-state index contributed by atoms with van der Waals surface area (Å²) in [7, 11) is 3.76. The van der Waals surface area contributed by atoms with E-state index in [2.05, 4.69) is 50.8 Å². The quantitative estimate of drug-likeness (QED) is 0.519. The van der Waals surface area contributed by atoms with Crippen molar-refractivity contribution in [3.8, 4) is 0 Å². The van der Waals surface area contributed by atoms with Gasteiger partial charge in [0.05, 0.1) is 0 Å². The molecule has 37 heavy (non-hydrogen) atoms. The number of aromatic nitrogens is 3. The number of anilines is 4. The van der Waals surface area contributed by atoms with Gasteiger partial charge in [0, 0.05) is 69.3 Å². The van der Waals surface area contributed by atoms with E-state index >= 15 is 0 Å². The molecule has 0 spiro atoms. The second-order valence-electron chi connectivity index (χ2n) is 9.34. The van der Waals surface area contributed by atoms with Crippen LogP contribution in [0.25, 0.3) is 11.0 Å². The van der Waals surface area contributed by atoms with Gasteiger partial charge in [-0.25, -0.2) is 4.98 Å². The Bertz CT molecular complexity index is 1410. The number of carbonyl (C=O) groups excluding carboxylic acids is 2. The minimum absolute atomic E-state index is 0.0982. The molecule has 2 saturated heterocycles. The zero-order valence-corrected chi connectivity index (χ0v) is 21.1. The molecule has 3 aromatic rings. The van der Waals surface area contributed by atoms with Gasteiger partial charge in [-0.3, -0.25) is 19.0 Å². The van der Waals surface area contributed by atoms with Crippen LogP contribution < -0.4 is 20.7 Å². The topological polar surface area (TPSA) is 107 Å². The number of piperazine rings is 2. The van der Waals surface area contributed by atoms with Gasteiger partial charge in [-0.15, -0.1) is 0 Å². The molecule has 1 aromatic carbocycles. The van der Waals surface area contributed by atoms with Crippen molar-refractivity contribution in [2.24, 2.45) is 7.05 Å². The van der Waals surface area contributed by atoms with Gasteiger partial charge in [-0.2, -0.15) is 4.98 Å². The number of aryl methyl sites for hydroxylation is 1. The minimum Gasteiger partial charge on any atom is -0.369 e. The maximum absolute atomic E-state index is 13.2. The number of carbonyl (C=O) groups is 2. The molecule has 2 aliphatic heterocycles. The molecular weight excluding hydrogens is 472 g/mol. The Balaban J connectivity index is 1.34. The summed E-state index contributed by atoms with van der Waals surface area (Å²) >= 11 is 0. The molecule has 4 heterocycles. The summed E-state index contributed by atoms with van der Waals surface area (Å²) in [5, 5.41) is 3.84. The fraction of sp³-hybridized carbons (Fsp3) is 0.346.